The molecule has 0 fully saturated rings. The molecule has 0 aliphatic heterocycles. The highest BCUT2D eigenvalue weighted by Gasteiger charge is 2.25. The molecule has 2 N–H and O–H groups in total. The number of hydrogen-bond acceptors (Lipinski definition) is 4. The molecule has 3 aromatic rings. The SMILES string of the molecule is COc1ccccc1-c1nc2sc3c(n2c1CCN)CCC(C)C3. The average molecular weight is 341 g/mol. The summed E-state index contributed by atoms with van der Waals surface area (Å²) in [6.45, 7) is 2.96. The van der Waals surface area contributed by atoms with Gasteiger partial charge in [-0.25, -0.2) is 4.98 Å². The first-order chi connectivity index (χ1) is 11.7. The number of hydrogen-bond donors (Lipinski definition) is 1. The lowest BCUT2D eigenvalue weighted by molar-refractivity contribution is 0.416. The van der Waals surface area contributed by atoms with Gasteiger partial charge in [-0.3, -0.25) is 4.40 Å². The lowest BCUT2D eigenvalue weighted by Crippen LogP contribution is -2.13. The van der Waals surface area contributed by atoms with Crippen molar-refractivity contribution >= 4 is 16.3 Å². The first kappa shape index (κ1) is 15.7. The van der Waals surface area contributed by atoms with Gasteiger partial charge < -0.3 is 10.5 Å². The van der Waals surface area contributed by atoms with Crippen LogP contribution in [0.2, 0.25) is 0 Å². The van der Waals surface area contributed by atoms with Crippen molar-refractivity contribution in [3.63, 3.8) is 0 Å². The molecule has 0 spiro atoms. The normalized spacial score (nSPS) is 17.2. The van der Waals surface area contributed by atoms with Crippen molar-refractivity contribution < 1.29 is 4.74 Å². The van der Waals surface area contributed by atoms with Gasteiger partial charge in [-0.05, 0) is 43.9 Å². The molecule has 0 saturated heterocycles. The van der Waals surface area contributed by atoms with Crippen molar-refractivity contribution in [2.75, 3.05) is 13.7 Å². The molecule has 4 nitrogen and oxygen atoms in total. The molecule has 0 bridgehead atoms. The van der Waals surface area contributed by atoms with Gasteiger partial charge in [0.15, 0.2) is 4.96 Å². The second kappa shape index (κ2) is 6.22. The molecule has 1 aromatic carbocycles. The van der Waals surface area contributed by atoms with Crippen LogP contribution < -0.4 is 10.5 Å². The number of benzene rings is 1. The highest BCUT2D eigenvalue weighted by Crippen LogP contribution is 2.38. The van der Waals surface area contributed by atoms with Crippen LogP contribution in [0.3, 0.4) is 0 Å². The monoisotopic (exact) mass is 341 g/mol. The van der Waals surface area contributed by atoms with Crippen LogP contribution in [0, 0.1) is 5.92 Å². The first-order valence-electron chi connectivity index (χ1n) is 8.58. The molecule has 0 radical (unpaired) electrons. The van der Waals surface area contributed by atoms with Crippen LogP contribution in [-0.2, 0) is 19.3 Å². The number of ether oxygens (including phenoxy) is 1. The number of methoxy groups -OCH3 is 1. The van der Waals surface area contributed by atoms with E-state index in [0.717, 1.165) is 40.7 Å². The molecule has 5 heteroatoms. The maximum Gasteiger partial charge on any atom is 0.194 e. The summed E-state index contributed by atoms with van der Waals surface area (Å²) < 4.78 is 7.93. The van der Waals surface area contributed by atoms with E-state index in [4.69, 9.17) is 15.5 Å². The van der Waals surface area contributed by atoms with Gasteiger partial charge in [0.2, 0.25) is 0 Å². The standard InChI is InChI=1S/C19H23N3OS/c1-12-7-8-14-17(11-12)24-19-21-18(15(9-10-20)22(14)19)13-5-3-4-6-16(13)23-2/h3-6,12H,7-11,20H2,1-2H3. The van der Waals surface area contributed by atoms with E-state index in [1.807, 2.05) is 29.5 Å². The van der Waals surface area contributed by atoms with E-state index in [1.54, 1.807) is 7.11 Å². The third-order valence-electron chi connectivity index (χ3n) is 4.90. The fourth-order valence-corrected chi connectivity index (χ4v) is 5.06. The van der Waals surface area contributed by atoms with Crippen LogP contribution in [-0.4, -0.2) is 23.0 Å². The zero-order chi connectivity index (χ0) is 16.7. The maximum atomic E-state index is 5.93. The molecular weight excluding hydrogens is 318 g/mol. The summed E-state index contributed by atoms with van der Waals surface area (Å²) in [7, 11) is 1.71. The Bertz CT molecular complexity index is 880. The molecule has 0 saturated carbocycles. The van der Waals surface area contributed by atoms with Crippen LogP contribution in [0.1, 0.15) is 29.6 Å². The summed E-state index contributed by atoms with van der Waals surface area (Å²) >= 11 is 1.84. The van der Waals surface area contributed by atoms with E-state index in [1.165, 1.54) is 29.1 Å². The summed E-state index contributed by atoms with van der Waals surface area (Å²) in [5.74, 6) is 1.64. The molecule has 24 heavy (non-hydrogen) atoms. The van der Waals surface area contributed by atoms with Crippen molar-refractivity contribution in [3.05, 3.63) is 40.5 Å². The molecular formula is C19H23N3OS. The lowest BCUT2D eigenvalue weighted by atomic mass is 9.93. The predicted molar refractivity (Wildman–Crippen MR) is 99.0 cm³/mol. The Morgan fingerprint density at radius 1 is 1.38 bits per heavy atom. The second-order valence-corrected chi connectivity index (χ2v) is 7.65. The topological polar surface area (TPSA) is 52.5 Å². The van der Waals surface area contributed by atoms with E-state index in [2.05, 4.69) is 17.4 Å². The van der Waals surface area contributed by atoms with Gasteiger partial charge in [0.1, 0.15) is 5.75 Å². The number of aromatic nitrogens is 2. The molecule has 2 aromatic heterocycles. The fourth-order valence-electron chi connectivity index (χ4n) is 3.71. The van der Waals surface area contributed by atoms with Gasteiger partial charge in [0.25, 0.3) is 0 Å². The minimum atomic E-state index is 0.622. The number of aryl methyl sites for hydroxylation is 1. The molecule has 2 heterocycles. The van der Waals surface area contributed by atoms with Gasteiger partial charge in [0.05, 0.1) is 18.5 Å². The summed E-state index contributed by atoms with van der Waals surface area (Å²) in [6.07, 6.45) is 4.39. The summed E-state index contributed by atoms with van der Waals surface area (Å²) in [5.41, 5.74) is 10.7. The highest BCUT2D eigenvalue weighted by molar-refractivity contribution is 7.17. The Morgan fingerprint density at radius 2 is 2.21 bits per heavy atom. The number of thiazole rings is 1. The van der Waals surface area contributed by atoms with Gasteiger partial charge >= 0.3 is 0 Å². The summed E-state index contributed by atoms with van der Waals surface area (Å²) in [5, 5.41) is 0. The molecule has 126 valence electrons. The largest absolute Gasteiger partial charge is 0.496 e. The quantitative estimate of drug-likeness (QED) is 0.787. The zero-order valence-corrected chi connectivity index (χ0v) is 15.0. The van der Waals surface area contributed by atoms with Crippen molar-refractivity contribution in [3.8, 4) is 17.0 Å². The van der Waals surface area contributed by atoms with Gasteiger partial charge in [0, 0.05) is 22.6 Å². The summed E-state index contributed by atoms with van der Waals surface area (Å²) in [4.78, 5) is 7.58. The average Bonchev–Trinajstić information content (AvgIpc) is 3.11. The van der Waals surface area contributed by atoms with Crippen LogP contribution >= 0.6 is 11.3 Å². The molecule has 4 rings (SSSR count). The fraction of sp³-hybridized carbons (Fsp3) is 0.421. The predicted octanol–water partition coefficient (Wildman–Crippen LogP) is 3.70. The van der Waals surface area contributed by atoms with Crippen LogP contribution in [0.25, 0.3) is 16.2 Å². The smallest absolute Gasteiger partial charge is 0.194 e. The van der Waals surface area contributed by atoms with Crippen LogP contribution in [0.4, 0.5) is 0 Å². The Balaban J connectivity index is 1.94. The van der Waals surface area contributed by atoms with E-state index in [0.29, 0.717) is 6.54 Å². The lowest BCUT2D eigenvalue weighted by Gasteiger charge is -2.18. The number of imidazole rings is 1. The molecule has 1 unspecified atom stereocenters. The van der Waals surface area contributed by atoms with Crippen molar-refractivity contribution in [1.29, 1.82) is 0 Å². The molecule has 1 atom stereocenters. The van der Waals surface area contributed by atoms with E-state index >= 15 is 0 Å². The van der Waals surface area contributed by atoms with E-state index in [9.17, 15) is 0 Å². The number of nitrogens with two attached hydrogens (primary N) is 1. The van der Waals surface area contributed by atoms with E-state index < -0.39 is 0 Å². The van der Waals surface area contributed by atoms with Crippen molar-refractivity contribution in [2.24, 2.45) is 11.7 Å². The number of nitrogens with zero attached hydrogens (tertiary/aromatic N) is 2. The van der Waals surface area contributed by atoms with Gasteiger partial charge in [-0.1, -0.05) is 19.1 Å². The third kappa shape index (κ3) is 2.43. The Hall–Kier alpha value is -1.85. The van der Waals surface area contributed by atoms with Crippen molar-refractivity contribution in [2.45, 2.75) is 32.6 Å². The third-order valence-corrected chi connectivity index (χ3v) is 6.00. The summed E-state index contributed by atoms with van der Waals surface area (Å²) in [6, 6.07) is 8.10. The van der Waals surface area contributed by atoms with Crippen LogP contribution in [0.15, 0.2) is 24.3 Å². The number of rotatable bonds is 4. The number of para-hydroxylation sites is 1. The molecule has 1 aliphatic rings. The Kier molecular flexibility index (Phi) is 4.06. The Labute approximate surface area is 146 Å². The second-order valence-electron chi connectivity index (χ2n) is 6.58. The Morgan fingerprint density at radius 3 is 3.00 bits per heavy atom. The zero-order valence-electron chi connectivity index (χ0n) is 14.2. The molecule has 0 amide bonds. The first-order valence-corrected chi connectivity index (χ1v) is 9.40. The minimum absolute atomic E-state index is 0.622. The van der Waals surface area contributed by atoms with Crippen molar-refractivity contribution in [1.82, 2.24) is 9.38 Å². The van der Waals surface area contributed by atoms with E-state index in [-0.39, 0.29) is 0 Å². The number of fused-ring (bicyclic) bond motifs is 3. The highest BCUT2D eigenvalue weighted by atomic mass is 32.1. The maximum absolute atomic E-state index is 5.93. The minimum Gasteiger partial charge on any atom is -0.496 e. The molecule has 1 aliphatic carbocycles. The van der Waals surface area contributed by atoms with Gasteiger partial charge in [-0.15, -0.1) is 11.3 Å². The van der Waals surface area contributed by atoms with Gasteiger partial charge in [-0.2, -0.15) is 0 Å². The van der Waals surface area contributed by atoms with Crippen LogP contribution in [0.5, 0.6) is 5.75 Å².